The number of nitrogens with one attached hydrogen (secondary N) is 1. The van der Waals surface area contributed by atoms with Gasteiger partial charge in [0.05, 0.1) is 13.7 Å². The number of sulfonamides is 1. The first kappa shape index (κ1) is 34.4. The topological polar surface area (TPSA) is 154 Å². The van der Waals surface area contributed by atoms with Gasteiger partial charge in [-0.3, -0.25) is 4.79 Å². The van der Waals surface area contributed by atoms with Gasteiger partial charge in [0, 0.05) is 50.1 Å². The molecule has 0 spiro atoms. The first-order valence-corrected chi connectivity index (χ1v) is 17.5. The van der Waals surface area contributed by atoms with Crippen molar-refractivity contribution in [3.8, 4) is 28.7 Å². The summed E-state index contributed by atoms with van der Waals surface area (Å²) in [4.78, 5) is 21.0. The Bertz CT molecular complexity index is 2100. The lowest BCUT2D eigenvalue weighted by molar-refractivity contribution is -0.125. The SMILES string of the molecule is COc1ccc(Cn2nc(NC3CCN(C(=O)C=CCN(C)C)C3)c3c(Oc4ccc(Oc5ccccc5)cc4S(N)(=O)=O)ccnc32)cc1. The maximum absolute atomic E-state index is 12.9. The van der Waals surface area contributed by atoms with E-state index in [1.54, 1.807) is 53.2 Å². The average Bonchev–Trinajstić information content (AvgIpc) is 3.71. The molecule has 1 atom stereocenters. The third-order valence-corrected chi connectivity index (χ3v) is 9.01. The molecule has 1 amide bonds. The second-order valence-electron chi connectivity index (χ2n) is 12.1. The fourth-order valence-electron chi connectivity index (χ4n) is 5.61. The number of nitrogens with zero attached hydrogens (tertiary/aromatic N) is 5. The number of para-hydroxylation sites is 1. The first-order valence-electron chi connectivity index (χ1n) is 16.0. The molecule has 0 radical (unpaired) electrons. The molecule has 1 unspecified atom stereocenters. The summed E-state index contributed by atoms with van der Waals surface area (Å²) in [6, 6.07) is 22.6. The molecule has 6 rings (SSSR count). The molecule has 0 saturated carbocycles. The van der Waals surface area contributed by atoms with Gasteiger partial charge < -0.3 is 29.3 Å². The zero-order chi connectivity index (χ0) is 35.3. The zero-order valence-corrected chi connectivity index (χ0v) is 28.8. The third-order valence-electron chi connectivity index (χ3n) is 8.08. The van der Waals surface area contributed by atoms with Crippen molar-refractivity contribution in [2.24, 2.45) is 5.14 Å². The highest BCUT2D eigenvalue weighted by molar-refractivity contribution is 7.89. The van der Waals surface area contributed by atoms with Crippen LogP contribution in [0.3, 0.4) is 0 Å². The summed E-state index contributed by atoms with van der Waals surface area (Å²) in [5, 5.41) is 14.6. The largest absolute Gasteiger partial charge is 0.497 e. The maximum Gasteiger partial charge on any atom is 0.246 e. The van der Waals surface area contributed by atoms with Crippen LogP contribution in [0.5, 0.6) is 28.7 Å². The number of fused-ring (bicyclic) bond motifs is 1. The van der Waals surface area contributed by atoms with Crippen LogP contribution in [0.1, 0.15) is 12.0 Å². The highest BCUT2D eigenvalue weighted by Gasteiger charge is 2.28. The molecule has 3 N–H and O–H groups in total. The number of hydrogen-bond donors (Lipinski definition) is 2. The van der Waals surface area contributed by atoms with Crippen molar-refractivity contribution in [1.29, 1.82) is 0 Å². The molecule has 0 bridgehead atoms. The molecule has 2 aromatic heterocycles. The van der Waals surface area contributed by atoms with Crippen molar-refractivity contribution in [3.63, 3.8) is 0 Å². The number of ether oxygens (including phenoxy) is 3. The zero-order valence-electron chi connectivity index (χ0n) is 28.0. The Morgan fingerprint density at radius 2 is 1.76 bits per heavy atom. The van der Waals surface area contributed by atoms with E-state index in [2.05, 4.69) is 10.3 Å². The number of pyridine rings is 1. The van der Waals surface area contributed by atoms with Gasteiger partial charge in [-0.25, -0.2) is 23.2 Å². The number of hydrogen-bond acceptors (Lipinski definition) is 10. The van der Waals surface area contributed by atoms with E-state index >= 15 is 0 Å². The van der Waals surface area contributed by atoms with Crippen LogP contribution in [0, 0.1) is 0 Å². The number of aromatic nitrogens is 3. The summed E-state index contributed by atoms with van der Waals surface area (Å²) in [7, 11) is 1.27. The highest BCUT2D eigenvalue weighted by atomic mass is 32.2. The van der Waals surface area contributed by atoms with Crippen LogP contribution in [0.15, 0.2) is 102 Å². The van der Waals surface area contributed by atoms with Gasteiger partial charge in [0.2, 0.25) is 15.9 Å². The number of rotatable bonds is 13. The lowest BCUT2D eigenvalue weighted by Crippen LogP contribution is -2.30. The number of likely N-dealkylation sites (tertiary alicyclic amines) is 1. The minimum absolute atomic E-state index is 0.0106. The van der Waals surface area contributed by atoms with Gasteiger partial charge in [-0.1, -0.05) is 36.4 Å². The van der Waals surface area contributed by atoms with Crippen molar-refractivity contribution in [1.82, 2.24) is 24.6 Å². The molecule has 13 nitrogen and oxygen atoms in total. The Morgan fingerprint density at radius 3 is 2.48 bits per heavy atom. The summed E-state index contributed by atoms with van der Waals surface area (Å²) in [6.07, 6.45) is 5.74. The van der Waals surface area contributed by atoms with Crippen LogP contribution in [-0.4, -0.2) is 85.8 Å². The van der Waals surface area contributed by atoms with Gasteiger partial charge in [0.15, 0.2) is 11.5 Å². The van der Waals surface area contributed by atoms with Crippen LogP contribution in [0.4, 0.5) is 5.82 Å². The molecule has 1 saturated heterocycles. The molecule has 1 aliphatic rings. The summed E-state index contributed by atoms with van der Waals surface area (Å²) in [5.41, 5.74) is 1.47. The number of likely N-dealkylation sites (N-methyl/N-ethyl adjacent to an activating group) is 1. The number of nitrogens with two attached hydrogens (primary N) is 1. The second kappa shape index (κ2) is 15.0. The molecular formula is C36H39N7O6S. The predicted molar refractivity (Wildman–Crippen MR) is 190 cm³/mol. The van der Waals surface area contributed by atoms with Crippen LogP contribution in [0.2, 0.25) is 0 Å². The van der Waals surface area contributed by atoms with Gasteiger partial charge >= 0.3 is 0 Å². The number of benzene rings is 3. The number of anilines is 1. The Hall–Kier alpha value is -5.44. The molecule has 14 heteroatoms. The van der Waals surface area contributed by atoms with E-state index in [0.29, 0.717) is 61.0 Å². The summed E-state index contributed by atoms with van der Waals surface area (Å²) in [5.74, 6) is 2.31. The van der Waals surface area contributed by atoms with Crippen LogP contribution < -0.4 is 24.7 Å². The molecule has 0 aliphatic carbocycles. The summed E-state index contributed by atoms with van der Waals surface area (Å²) < 4.78 is 44.9. The van der Waals surface area contributed by atoms with Crippen molar-refractivity contribution in [2.45, 2.75) is 23.9 Å². The van der Waals surface area contributed by atoms with Crippen LogP contribution in [0.25, 0.3) is 11.0 Å². The van der Waals surface area contributed by atoms with Crippen LogP contribution in [-0.2, 0) is 21.4 Å². The monoisotopic (exact) mass is 697 g/mol. The molecule has 5 aromatic rings. The molecule has 1 fully saturated rings. The van der Waals surface area contributed by atoms with Crippen molar-refractivity contribution < 1.29 is 27.4 Å². The first-order chi connectivity index (χ1) is 24.1. The van der Waals surface area contributed by atoms with E-state index in [4.69, 9.17) is 24.4 Å². The Labute approximate surface area is 290 Å². The Balaban J connectivity index is 1.34. The highest BCUT2D eigenvalue weighted by Crippen LogP contribution is 2.38. The van der Waals surface area contributed by atoms with Gasteiger partial charge in [0.1, 0.15) is 39.0 Å². The molecule has 50 heavy (non-hydrogen) atoms. The lowest BCUT2D eigenvalue weighted by atomic mass is 10.2. The smallest absolute Gasteiger partial charge is 0.246 e. The standard InChI is InChI=1S/C36H39N7O6S/c1-41(2)20-7-10-33(44)42-21-18-26(24-42)39-35-34-31(17-19-38-36(34)43(40-35)23-25-11-13-27(47-3)14-12-25)49-30-16-15-29(22-32(30)50(37,45)46)48-28-8-5-4-6-9-28/h4-17,19,22,26H,18,20-21,23-24H2,1-3H3,(H,39,40)(H2,37,45,46). The molecular weight excluding hydrogens is 659 g/mol. The summed E-state index contributed by atoms with van der Waals surface area (Å²) in [6.45, 7) is 2.13. The minimum Gasteiger partial charge on any atom is -0.497 e. The Morgan fingerprint density at radius 1 is 1.00 bits per heavy atom. The third kappa shape index (κ3) is 8.22. The second-order valence-corrected chi connectivity index (χ2v) is 13.6. The average molecular weight is 698 g/mol. The molecule has 3 aromatic carbocycles. The Kier molecular flexibility index (Phi) is 10.3. The predicted octanol–water partition coefficient (Wildman–Crippen LogP) is 4.85. The van der Waals surface area contributed by atoms with Crippen molar-refractivity contribution in [3.05, 3.63) is 103 Å². The number of methoxy groups -OCH3 is 1. The van der Waals surface area contributed by atoms with E-state index in [1.165, 1.54) is 12.1 Å². The van der Waals surface area contributed by atoms with E-state index in [0.717, 1.165) is 11.3 Å². The summed E-state index contributed by atoms with van der Waals surface area (Å²) >= 11 is 0. The van der Waals surface area contributed by atoms with Crippen molar-refractivity contribution >= 4 is 32.8 Å². The van der Waals surface area contributed by atoms with Gasteiger partial charge in [-0.15, -0.1) is 0 Å². The molecule has 260 valence electrons. The fraction of sp³-hybridized carbons (Fsp3) is 0.250. The van der Waals surface area contributed by atoms with E-state index in [1.807, 2.05) is 67.5 Å². The van der Waals surface area contributed by atoms with Gasteiger partial charge in [-0.05, 0) is 62.5 Å². The van der Waals surface area contributed by atoms with E-state index < -0.39 is 10.0 Å². The number of carbonyl (C=O) groups excluding carboxylic acids is 1. The molecule has 3 heterocycles. The maximum atomic E-state index is 12.9. The van der Waals surface area contributed by atoms with E-state index in [9.17, 15) is 13.2 Å². The quantitative estimate of drug-likeness (QED) is 0.163. The normalized spacial score (nSPS) is 14.8. The molecule has 1 aliphatic heterocycles. The number of carbonyl (C=O) groups is 1. The minimum atomic E-state index is -4.23. The number of amides is 1. The van der Waals surface area contributed by atoms with E-state index in [-0.39, 0.29) is 28.3 Å². The fourth-order valence-corrected chi connectivity index (χ4v) is 6.28. The van der Waals surface area contributed by atoms with Gasteiger partial charge in [-0.2, -0.15) is 5.10 Å². The van der Waals surface area contributed by atoms with Gasteiger partial charge in [0.25, 0.3) is 0 Å². The van der Waals surface area contributed by atoms with Crippen molar-refractivity contribution in [2.75, 3.05) is 46.2 Å². The van der Waals surface area contributed by atoms with Crippen LogP contribution >= 0.6 is 0 Å². The number of primary sulfonamides is 1. The lowest BCUT2D eigenvalue weighted by Gasteiger charge is -2.16.